The number of rotatable bonds is 3. The van der Waals surface area contributed by atoms with Gasteiger partial charge in [0, 0.05) is 6.42 Å². The van der Waals surface area contributed by atoms with Crippen molar-refractivity contribution >= 4 is 17.7 Å². The SMILES string of the molecule is CC(C(=O)O)C(=O)C1CCC(=O)N1. The van der Waals surface area contributed by atoms with E-state index in [0.29, 0.717) is 12.8 Å². The molecular formula is C8H11NO4. The Morgan fingerprint density at radius 3 is 2.62 bits per heavy atom. The van der Waals surface area contributed by atoms with Crippen molar-refractivity contribution in [2.75, 3.05) is 0 Å². The molecule has 1 saturated heterocycles. The monoisotopic (exact) mass is 185 g/mol. The Morgan fingerprint density at radius 2 is 2.23 bits per heavy atom. The quantitative estimate of drug-likeness (QED) is 0.583. The fourth-order valence-electron chi connectivity index (χ4n) is 1.25. The first kappa shape index (κ1) is 9.70. The summed E-state index contributed by atoms with van der Waals surface area (Å²) in [5.41, 5.74) is 0. The molecule has 0 aromatic heterocycles. The standard InChI is InChI=1S/C8H11NO4/c1-4(8(12)13)7(11)5-2-3-6(10)9-5/h4-5H,2-3H2,1H3,(H,9,10)(H,12,13). The van der Waals surface area contributed by atoms with Gasteiger partial charge in [-0.3, -0.25) is 14.4 Å². The van der Waals surface area contributed by atoms with Crippen LogP contribution in [0.25, 0.3) is 0 Å². The van der Waals surface area contributed by atoms with E-state index < -0.39 is 23.7 Å². The number of Topliss-reactive ketones (excluding diaryl/α,β-unsaturated/α-hetero) is 1. The first-order valence-electron chi connectivity index (χ1n) is 4.08. The van der Waals surface area contributed by atoms with Crippen LogP contribution in [-0.2, 0) is 14.4 Å². The third kappa shape index (κ3) is 2.05. The average molecular weight is 185 g/mol. The highest BCUT2D eigenvalue weighted by Gasteiger charge is 2.33. The molecular weight excluding hydrogens is 174 g/mol. The second-order valence-electron chi connectivity index (χ2n) is 3.12. The summed E-state index contributed by atoms with van der Waals surface area (Å²) in [6, 6.07) is -0.599. The van der Waals surface area contributed by atoms with Gasteiger partial charge in [0.1, 0.15) is 5.92 Å². The number of hydrogen-bond acceptors (Lipinski definition) is 3. The van der Waals surface area contributed by atoms with Crippen molar-refractivity contribution in [1.82, 2.24) is 5.32 Å². The fourth-order valence-corrected chi connectivity index (χ4v) is 1.25. The number of carboxylic acids is 1. The van der Waals surface area contributed by atoms with Crippen molar-refractivity contribution in [3.63, 3.8) is 0 Å². The molecule has 1 amide bonds. The van der Waals surface area contributed by atoms with Crippen LogP contribution in [0.4, 0.5) is 0 Å². The van der Waals surface area contributed by atoms with Crippen LogP contribution in [0.3, 0.4) is 0 Å². The van der Waals surface area contributed by atoms with E-state index in [9.17, 15) is 14.4 Å². The predicted octanol–water partition coefficient (Wildman–Crippen LogP) is -0.445. The number of carboxylic acid groups (broad SMARTS) is 1. The number of ketones is 1. The number of aliphatic carboxylic acids is 1. The molecule has 0 bridgehead atoms. The van der Waals surface area contributed by atoms with E-state index >= 15 is 0 Å². The molecule has 1 heterocycles. The molecule has 0 saturated carbocycles. The number of hydrogen-bond donors (Lipinski definition) is 2. The summed E-state index contributed by atoms with van der Waals surface area (Å²) in [7, 11) is 0. The van der Waals surface area contributed by atoms with Crippen molar-refractivity contribution in [3.8, 4) is 0 Å². The second-order valence-corrected chi connectivity index (χ2v) is 3.12. The Labute approximate surface area is 75.1 Å². The summed E-state index contributed by atoms with van der Waals surface area (Å²) in [4.78, 5) is 32.5. The number of nitrogens with one attached hydrogen (secondary N) is 1. The molecule has 2 N–H and O–H groups in total. The van der Waals surface area contributed by atoms with Crippen LogP contribution in [0.5, 0.6) is 0 Å². The van der Waals surface area contributed by atoms with E-state index in [4.69, 9.17) is 5.11 Å². The number of carbonyl (C=O) groups is 3. The van der Waals surface area contributed by atoms with Crippen molar-refractivity contribution in [2.45, 2.75) is 25.8 Å². The van der Waals surface area contributed by atoms with Gasteiger partial charge in [-0.15, -0.1) is 0 Å². The zero-order chi connectivity index (χ0) is 10.0. The van der Waals surface area contributed by atoms with Crippen LogP contribution >= 0.6 is 0 Å². The maximum Gasteiger partial charge on any atom is 0.313 e. The minimum absolute atomic E-state index is 0.184. The van der Waals surface area contributed by atoms with Gasteiger partial charge >= 0.3 is 5.97 Å². The van der Waals surface area contributed by atoms with Crippen LogP contribution in [-0.4, -0.2) is 28.8 Å². The normalized spacial score (nSPS) is 23.8. The fraction of sp³-hybridized carbons (Fsp3) is 0.625. The predicted molar refractivity (Wildman–Crippen MR) is 43.0 cm³/mol. The van der Waals surface area contributed by atoms with Gasteiger partial charge in [-0.05, 0) is 13.3 Å². The molecule has 0 aliphatic carbocycles. The first-order chi connectivity index (χ1) is 6.02. The van der Waals surface area contributed by atoms with Gasteiger partial charge in [0.25, 0.3) is 0 Å². The molecule has 13 heavy (non-hydrogen) atoms. The van der Waals surface area contributed by atoms with Gasteiger partial charge < -0.3 is 10.4 Å². The zero-order valence-electron chi connectivity index (χ0n) is 7.24. The number of carbonyl (C=O) groups excluding carboxylic acids is 2. The van der Waals surface area contributed by atoms with Gasteiger partial charge in [0.15, 0.2) is 5.78 Å². The summed E-state index contributed by atoms with van der Waals surface area (Å²) in [6.45, 7) is 1.33. The highest BCUT2D eigenvalue weighted by Crippen LogP contribution is 2.12. The largest absolute Gasteiger partial charge is 0.481 e. The molecule has 0 aromatic rings. The van der Waals surface area contributed by atoms with Crippen LogP contribution in [0, 0.1) is 5.92 Å². The van der Waals surface area contributed by atoms with Crippen molar-refractivity contribution < 1.29 is 19.5 Å². The van der Waals surface area contributed by atoms with E-state index in [-0.39, 0.29) is 5.91 Å². The lowest BCUT2D eigenvalue weighted by Gasteiger charge is -2.11. The van der Waals surface area contributed by atoms with Gasteiger partial charge in [-0.25, -0.2) is 0 Å². The first-order valence-corrected chi connectivity index (χ1v) is 4.08. The number of amides is 1. The van der Waals surface area contributed by atoms with E-state index in [2.05, 4.69) is 5.32 Å². The molecule has 0 radical (unpaired) electrons. The minimum atomic E-state index is -1.15. The molecule has 2 unspecified atom stereocenters. The topological polar surface area (TPSA) is 83.5 Å². The van der Waals surface area contributed by atoms with Crippen LogP contribution in [0.15, 0.2) is 0 Å². The highest BCUT2D eigenvalue weighted by molar-refractivity contribution is 6.03. The maximum atomic E-state index is 11.3. The van der Waals surface area contributed by atoms with E-state index in [1.165, 1.54) is 6.92 Å². The smallest absolute Gasteiger partial charge is 0.313 e. The van der Waals surface area contributed by atoms with E-state index in [0.717, 1.165) is 0 Å². The highest BCUT2D eigenvalue weighted by atomic mass is 16.4. The Balaban J connectivity index is 2.58. The summed E-state index contributed by atoms with van der Waals surface area (Å²) in [6.07, 6.45) is 0.720. The van der Waals surface area contributed by atoms with Crippen LogP contribution in [0.2, 0.25) is 0 Å². The van der Waals surface area contributed by atoms with Gasteiger partial charge in [-0.1, -0.05) is 0 Å². The molecule has 1 rings (SSSR count). The molecule has 1 fully saturated rings. The van der Waals surface area contributed by atoms with Crippen molar-refractivity contribution in [3.05, 3.63) is 0 Å². The zero-order valence-corrected chi connectivity index (χ0v) is 7.24. The van der Waals surface area contributed by atoms with E-state index in [1.54, 1.807) is 0 Å². The summed E-state index contributed by atoms with van der Waals surface area (Å²) >= 11 is 0. The lowest BCUT2D eigenvalue weighted by molar-refractivity contribution is -0.146. The summed E-state index contributed by atoms with van der Waals surface area (Å²) in [5.74, 6) is -2.79. The molecule has 2 atom stereocenters. The lowest BCUT2D eigenvalue weighted by atomic mass is 9.99. The van der Waals surface area contributed by atoms with Crippen LogP contribution in [0.1, 0.15) is 19.8 Å². The Hall–Kier alpha value is -1.39. The summed E-state index contributed by atoms with van der Waals surface area (Å²) < 4.78 is 0. The maximum absolute atomic E-state index is 11.3. The average Bonchev–Trinajstić information content (AvgIpc) is 2.49. The summed E-state index contributed by atoms with van der Waals surface area (Å²) in [5, 5.41) is 11.0. The van der Waals surface area contributed by atoms with Crippen molar-refractivity contribution in [2.24, 2.45) is 5.92 Å². The Bertz CT molecular complexity index is 261. The lowest BCUT2D eigenvalue weighted by Crippen LogP contribution is -2.38. The van der Waals surface area contributed by atoms with Crippen molar-refractivity contribution in [1.29, 1.82) is 0 Å². The van der Waals surface area contributed by atoms with Crippen LogP contribution < -0.4 is 5.32 Å². The molecule has 0 aromatic carbocycles. The van der Waals surface area contributed by atoms with Gasteiger partial charge in [-0.2, -0.15) is 0 Å². The molecule has 5 nitrogen and oxygen atoms in total. The molecule has 0 spiro atoms. The Morgan fingerprint density at radius 1 is 1.62 bits per heavy atom. The molecule has 1 aliphatic heterocycles. The third-order valence-corrected chi connectivity index (χ3v) is 2.14. The second kappa shape index (κ2) is 3.55. The molecule has 5 heteroatoms. The Kier molecular flexibility index (Phi) is 2.65. The van der Waals surface area contributed by atoms with Gasteiger partial charge in [0.05, 0.1) is 6.04 Å². The van der Waals surface area contributed by atoms with E-state index in [1.807, 2.05) is 0 Å². The third-order valence-electron chi connectivity index (χ3n) is 2.14. The molecule has 1 aliphatic rings. The van der Waals surface area contributed by atoms with Gasteiger partial charge in [0.2, 0.25) is 5.91 Å². The molecule has 72 valence electrons. The minimum Gasteiger partial charge on any atom is -0.481 e.